The van der Waals surface area contributed by atoms with Gasteiger partial charge in [-0.25, -0.2) is 9.37 Å². The van der Waals surface area contributed by atoms with Crippen LogP contribution in [0.4, 0.5) is 10.1 Å². The average Bonchev–Trinajstić information content (AvgIpc) is 3.18. The number of fused-ring (bicyclic) bond motifs is 1. The molecule has 1 amide bonds. The maximum Gasteiger partial charge on any atom is 0.256 e. The summed E-state index contributed by atoms with van der Waals surface area (Å²) >= 11 is 0. The molecule has 0 aliphatic heterocycles. The Kier molecular flexibility index (Phi) is 3.97. The Bertz CT molecular complexity index is 1100. The second kappa shape index (κ2) is 6.44. The predicted molar refractivity (Wildman–Crippen MR) is 98.5 cm³/mol. The van der Waals surface area contributed by atoms with Crippen molar-refractivity contribution in [1.82, 2.24) is 4.98 Å². The Hall–Kier alpha value is -3.47. The van der Waals surface area contributed by atoms with Gasteiger partial charge in [0.05, 0.1) is 17.3 Å². The van der Waals surface area contributed by atoms with Gasteiger partial charge in [-0.1, -0.05) is 18.2 Å². The highest BCUT2D eigenvalue weighted by atomic mass is 19.1. The van der Waals surface area contributed by atoms with E-state index in [9.17, 15) is 9.18 Å². The van der Waals surface area contributed by atoms with Crippen LogP contribution < -0.4 is 5.32 Å². The monoisotopic (exact) mass is 346 g/mol. The van der Waals surface area contributed by atoms with E-state index in [1.54, 1.807) is 37.5 Å². The molecule has 0 atom stereocenters. The van der Waals surface area contributed by atoms with Gasteiger partial charge in [-0.3, -0.25) is 4.79 Å². The number of aromatic nitrogens is 1. The minimum absolute atomic E-state index is 0.286. The molecular weight excluding hydrogens is 331 g/mol. The quantitative estimate of drug-likeness (QED) is 0.555. The molecule has 0 aliphatic carbocycles. The molecule has 0 unspecified atom stereocenters. The van der Waals surface area contributed by atoms with Crippen molar-refractivity contribution in [2.75, 3.05) is 5.32 Å². The Morgan fingerprint density at radius 2 is 1.92 bits per heavy atom. The van der Waals surface area contributed by atoms with E-state index in [0.717, 1.165) is 5.39 Å². The summed E-state index contributed by atoms with van der Waals surface area (Å²) in [6, 6.07) is 17.0. The number of benzene rings is 2. The third-order valence-corrected chi connectivity index (χ3v) is 4.17. The van der Waals surface area contributed by atoms with Crippen LogP contribution in [0.5, 0.6) is 0 Å². The Labute approximate surface area is 149 Å². The molecule has 128 valence electrons. The summed E-state index contributed by atoms with van der Waals surface area (Å²) in [7, 11) is 0. The third kappa shape index (κ3) is 2.95. The van der Waals surface area contributed by atoms with Gasteiger partial charge in [-0.15, -0.1) is 0 Å². The van der Waals surface area contributed by atoms with Gasteiger partial charge in [0.15, 0.2) is 5.76 Å². The summed E-state index contributed by atoms with van der Waals surface area (Å²) in [5, 5.41) is 3.59. The maximum absolute atomic E-state index is 13.3. The molecule has 1 N–H and O–H groups in total. The van der Waals surface area contributed by atoms with Gasteiger partial charge in [-0.2, -0.15) is 0 Å². The number of amides is 1. The Morgan fingerprint density at radius 1 is 1.08 bits per heavy atom. The number of anilines is 1. The first-order chi connectivity index (χ1) is 12.6. The van der Waals surface area contributed by atoms with Crippen LogP contribution in [-0.4, -0.2) is 10.9 Å². The summed E-state index contributed by atoms with van der Waals surface area (Å²) < 4.78 is 18.7. The molecule has 0 aliphatic rings. The molecule has 0 spiro atoms. The third-order valence-electron chi connectivity index (χ3n) is 4.17. The van der Waals surface area contributed by atoms with Crippen molar-refractivity contribution in [2.45, 2.75) is 6.92 Å². The maximum atomic E-state index is 13.3. The first kappa shape index (κ1) is 16.0. The van der Waals surface area contributed by atoms with Gasteiger partial charge < -0.3 is 9.73 Å². The molecule has 0 fully saturated rings. The number of hydrogen-bond acceptors (Lipinski definition) is 3. The highest BCUT2D eigenvalue weighted by molar-refractivity contribution is 6.13. The summed E-state index contributed by atoms with van der Waals surface area (Å²) in [6.45, 7) is 1.75. The second-order valence-corrected chi connectivity index (χ2v) is 5.96. The molecule has 26 heavy (non-hydrogen) atoms. The van der Waals surface area contributed by atoms with E-state index in [2.05, 4.69) is 10.3 Å². The lowest BCUT2D eigenvalue weighted by atomic mass is 10.1. The molecule has 0 bridgehead atoms. The molecule has 4 nitrogen and oxygen atoms in total. The molecule has 0 saturated heterocycles. The van der Waals surface area contributed by atoms with Gasteiger partial charge in [0.1, 0.15) is 11.5 Å². The number of carbonyl (C=O) groups is 1. The first-order valence-electron chi connectivity index (χ1n) is 8.13. The zero-order chi connectivity index (χ0) is 18.1. The molecule has 2 aromatic heterocycles. The molecule has 4 rings (SSSR count). The number of hydrogen-bond donors (Lipinski definition) is 1. The van der Waals surface area contributed by atoms with Crippen LogP contribution in [-0.2, 0) is 0 Å². The van der Waals surface area contributed by atoms with Crippen molar-refractivity contribution < 1.29 is 13.6 Å². The van der Waals surface area contributed by atoms with Crippen LogP contribution in [0.2, 0.25) is 0 Å². The standard InChI is InChI=1S/C21H15FN2O2/c1-13-11-14(22)8-9-17(13)24-21(25)16-12-19(20-7-4-10-26-20)23-18-6-3-2-5-15(16)18/h2-12H,1H3,(H,24,25). The van der Waals surface area contributed by atoms with Gasteiger partial charge in [0.2, 0.25) is 0 Å². The van der Waals surface area contributed by atoms with E-state index >= 15 is 0 Å². The fourth-order valence-electron chi connectivity index (χ4n) is 2.87. The predicted octanol–water partition coefficient (Wildman–Crippen LogP) is 5.19. The van der Waals surface area contributed by atoms with Crippen molar-refractivity contribution in [1.29, 1.82) is 0 Å². The van der Waals surface area contributed by atoms with Gasteiger partial charge in [0.25, 0.3) is 5.91 Å². The van der Waals surface area contributed by atoms with Crippen molar-refractivity contribution in [3.8, 4) is 11.5 Å². The van der Waals surface area contributed by atoms with E-state index in [-0.39, 0.29) is 11.7 Å². The Morgan fingerprint density at radius 3 is 2.69 bits per heavy atom. The number of para-hydroxylation sites is 1. The molecule has 2 heterocycles. The second-order valence-electron chi connectivity index (χ2n) is 5.96. The lowest BCUT2D eigenvalue weighted by Gasteiger charge is -2.11. The van der Waals surface area contributed by atoms with Crippen LogP contribution in [0.25, 0.3) is 22.4 Å². The van der Waals surface area contributed by atoms with Crippen LogP contribution in [0.3, 0.4) is 0 Å². The molecule has 5 heteroatoms. The number of pyridine rings is 1. The number of furan rings is 1. The zero-order valence-electron chi connectivity index (χ0n) is 14.0. The minimum Gasteiger partial charge on any atom is -0.463 e. The summed E-state index contributed by atoms with van der Waals surface area (Å²) in [5.74, 6) is -0.0381. The number of nitrogens with one attached hydrogen (secondary N) is 1. The van der Waals surface area contributed by atoms with Crippen LogP contribution >= 0.6 is 0 Å². The molecule has 2 aromatic carbocycles. The fourth-order valence-corrected chi connectivity index (χ4v) is 2.87. The van der Waals surface area contributed by atoms with Gasteiger partial charge in [-0.05, 0) is 55.0 Å². The summed E-state index contributed by atoms with van der Waals surface area (Å²) in [5.41, 5.74) is 2.97. The van der Waals surface area contributed by atoms with Crippen molar-refractivity contribution in [2.24, 2.45) is 0 Å². The summed E-state index contributed by atoms with van der Waals surface area (Å²) in [6.07, 6.45) is 1.56. The molecule has 4 aromatic rings. The van der Waals surface area contributed by atoms with Crippen LogP contribution in [0.15, 0.2) is 71.3 Å². The number of nitrogens with zero attached hydrogens (tertiary/aromatic N) is 1. The number of aryl methyl sites for hydroxylation is 1. The number of rotatable bonds is 3. The van der Waals surface area contributed by atoms with Gasteiger partial charge in [0, 0.05) is 11.1 Å². The van der Waals surface area contributed by atoms with E-state index in [1.165, 1.54) is 12.1 Å². The SMILES string of the molecule is Cc1cc(F)ccc1NC(=O)c1cc(-c2ccco2)nc2ccccc12. The van der Waals surface area contributed by atoms with Crippen molar-refractivity contribution in [3.05, 3.63) is 83.9 Å². The molecule has 0 saturated carbocycles. The summed E-state index contributed by atoms with van der Waals surface area (Å²) in [4.78, 5) is 17.5. The van der Waals surface area contributed by atoms with Crippen molar-refractivity contribution in [3.63, 3.8) is 0 Å². The number of halogens is 1. The van der Waals surface area contributed by atoms with E-state index in [0.29, 0.717) is 33.8 Å². The molecule has 0 radical (unpaired) electrons. The van der Waals surface area contributed by atoms with E-state index in [1.807, 2.05) is 24.3 Å². The zero-order valence-corrected chi connectivity index (χ0v) is 14.0. The average molecular weight is 346 g/mol. The lowest BCUT2D eigenvalue weighted by molar-refractivity contribution is 0.102. The lowest BCUT2D eigenvalue weighted by Crippen LogP contribution is -2.14. The van der Waals surface area contributed by atoms with E-state index in [4.69, 9.17) is 4.42 Å². The van der Waals surface area contributed by atoms with Gasteiger partial charge >= 0.3 is 0 Å². The minimum atomic E-state index is -0.338. The van der Waals surface area contributed by atoms with E-state index < -0.39 is 0 Å². The first-order valence-corrected chi connectivity index (χ1v) is 8.13. The van der Waals surface area contributed by atoms with Crippen LogP contribution in [0, 0.1) is 12.7 Å². The Balaban J connectivity index is 1.80. The van der Waals surface area contributed by atoms with Crippen molar-refractivity contribution >= 4 is 22.5 Å². The smallest absolute Gasteiger partial charge is 0.256 e. The molecular formula is C21H15FN2O2. The van der Waals surface area contributed by atoms with Crippen LogP contribution in [0.1, 0.15) is 15.9 Å². The topological polar surface area (TPSA) is 55.1 Å². The largest absolute Gasteiger partial charge is 0.463 e. The highest BCUT2D eigenvalue weighted by Gasteiger charge is 2.16. The fraction of sp³-hybridized carbons (Fsp3) is 0.0476. The number of carbonyl (C=O) groups excluding carboxylic acids is 1. The highest BCUT2D eigenvalue weighted by Crippen LogP contribution is 2.26. The normalized spacial score (nSPS) is 10.8.